The lowest BCUT2D eigenvalue weighted by molar-refractivity contribution is 0.0661. The quantitative estimate of drug-likeness (QED) is 0.788. The van der Waals surface area contributed by atoms with E-state index >= 15 is 0 Å². The Morgan fingerprint density at radius 2 is 2.20 bits per heavy atom. The molecular weight excluding hydrogens is 376 g/mol. The maximum Gasteiger partial charge on any atom is 0.371 e. The second-order valence-corrected chi connectivity index (χ2v) is 6.23. The molecule has 0 spiro atoms. The first-order valence-electron chi connectivity index (χ1n) is 4.97. The van der Waals surface area contributed by atoms with Crippen molar-refractivity contribution in [2.24, 2.45) is 0 Å². The zero-order valence-electron chi connectivity index (χ0n) is 9.50. The smallest absolute Gasteiger partial charge is 0.371 e. The van der Waals surface area contributed by atoms with Crippen LogP contribution in [-0.4, -0.2) is 24.5 Å². The molecule has 0 amide bonds. The molecule has 10 heteroatoms. The summed E-state index contributed by atoms with van der Waals surface area (Å²) in [7, 11) is -4.06. The SMILES string of the molecule is O=C(O)c1cc(S(=O)(=O)Nc2cccnc2Cl)c(Br)o1. The van der Waals surface area contributed by atoms with E-state index in [-0.39, 0.29) is 20.4 Å². The summed E-state index contributed by atoms with van der Waals surface area (Å²) in [4.78, 5) is 14.1. The summed E-state index contributed by atoms with van der Waals surface area (Å²) in [5, 5.41) is 8.73. The number of aromatic nitrogens is 1. The average Bonchev–Trinajstić information content (AvgIpc) is 2.75. The highest BCUT2D eigenvalue weighted by Crippen LogP contribution is 2.29. The summed E-state index contributed by atoms with van der Waals surface area (Å²) >= 11 is 8.60. The molecule has 106 valence electrons. The van der Waals surface area contributed by atoms with Crippen molar-refractivity contribution < 1.29 is 22.7 Å². The first-order valence-corrected chi connectivity index (χ1v) is 7.62. The van der Waals surface area contributed by atoms with E-state index in [4.69, 9.17) is 21.1 Å². The van der Waals surface area contributed by atoms with E-state index in [1.54, 1.807) is 0 Å². The summed E-state index contributed by atoms with van der Waals surface area (Å²) in [6, 6.07) is 3.80. The topological polar surface area (TPSA) is 110 Å². The van der Waals surface area contributed by atoms with Crippen LogP contribution < -0.4 is 4.72 Å². The van der Waals surface area contributed by atoms with Crippen LogP contribution in [-0.2, 0) is 10.0 Å². The molecule has 20 heavy (non-hydrogen) atoms. The third kappa shape index (κ3) is 2.94. The number of nitrogens with one attached hydrogen (secondary N) is 1. The Bertz CT molecular complexity index is 774. The second kappa shape index (κ2) is 5.43. The van der Waals surface area contributed by atoms with Crippen LogP contribution in [0.1, 0.15) is 10.6 Å². The fourth-order valence-electron chi connectivity index (χ4n) is 1.30. The van der Waals surface area contributed by atoms with Gasteiger partial charge >= 0.3 is 5.97 Å². The predicted octanol–water partition coefficient (Wildman–Crippen LogP) is 2.59. The molecule has 0 aliphatic heterocycles. The number of aromatic carboxylic acids is 1. The van der Waals surface area contributed by atoms with E-state index in [2.05, 4.69) is 25.6 Å². The van der Waals surface area contributed by atoms with Crippen molar-refractivity contribution in [2.75, 3.05) is 4.72 Å². The average molecular weight is 382 g/mol. The van der Waals surface area contributed by atoms with E-state index in [9.17, 15) is 13.2 Å². The monoisotopic (exact) mass is 380 g/mol. The van der Waals surface area contributed by atoms with Gasteiger partial charge in [-0.3, -0.25) is 4.72 Å². The lowest BCUT2D eigenvalue weighted by atomic mass is 10.4. The van der Waals surface area contributed by atoms with Crippen molar-refractivity contribution in [3.8, 4) is 0 Å². The summed E-state index contributed by atoms with van der Waals surface area (Å²) in [6.07, 6.45) is 1.40. The van der Waals surface area contributed by atoms with E-state index in [0.29, 0.717) is 0 Å². The van der Waals surface area contributed by atoms with Gasteiger partial charge in [-0.05, 0) is 28.1 Å². The number of halogens is 2. The maximum atomic E-state index is 12.1. The van der Waals surface area contributed by atoms with E-state index in [1.165, 1.54) is 18.3 Å². The molecule has 0 radical (unpaired) electrons. The molecule has 0 atom stereocenters. The van der Waals surface area contributed by atoms with Crippen molar-refractivity contribution in [3.63, 3.8) is 0 Å². The highest BCUT2D eigenvalue weighted by Gasteiger charge is 2.25. The van der Waals surface area contributed by atoms with E-state index in [1.807, 2.05) is 0 Å². The Morgan fingerprint density at radius 3 is 2.75 bits per heavy atom. The largest absolute Gasteiger partial charge is 0.475 e. The van der Waals surface area contributed by atoms with Crippen LogP contribution in [0, 0.1) is 0 Å². The fourth-order valence-corrected chi connectivity index (χ4v) is 3.53. The molecular formula is C10H6BrClN2O5S. The number of hydrogen-bond acceptors (Lipinski definition) is 5. The number of hydrogen-bond donors (Lipinski definition) is 2. The minimum Gasteiger partial charge on any atom is -0.475 e. The lowest BCUT2D eigenvalue weighted by Crippen LogP contribution is -2.13. The van der Waals surface area contributed by atoms with Crippen LogP contribution in [0.15, 0.2) is 38.4 Å². The normalized spacial score (nSPS) is 11.3. The Labute approximate surface area is 126 Å². The van der Waals surface area contributed by atoms with Crippen molar-refractivity contribution in [2.45, 2.75) is 4.90 Å². The molecule has 0 saturated carbocycles. The molecule has 2 heterocycles. The number of rotatable bonds is 4. The zero-order chi connectivity index (χ0) is 14.9. The number of furan rings is 1. The van der Waals surface area contributed by atoms with Crippen LogP contribution in [0.25, 0.3) is 0 Å². The molecule has 0 bridgehead atoms. The van der Waals surface area contributed by atoms with Gasteiger partial charge < -0.3 is 9.52 Å². The molecule has 2 N–H and O–H groups in total. The molecule has 7 nitrogen and oxygen atoms in total. The lowest BCUT2D eigenvalue weighted by Gasteiger charge is -2.07. The van der Waals surface area contributed by atoms with Crippen molar-refractivity contribution >= 4 is 49.2 Å². The number of nitrogens with zero attached hydrogens (tertiary/aromatic N) is 1. The number of carboxylic acid groups (broad SMARTS) is 1. The second-order valence-electron chi connectivity index (χ2n) is 3.50. The number of sulfonamides is 1. The molecule has 2 aromatic rings. The molecule has 0 unspecified atom stereocenters. The van der Waals surface area contributed by atoms with Gasteiger partial charge in [0.1, 0.15) is 4.90 Å². The van der Waals surface area contributed by atoms with Gasteiger partial charge in [0.15, 0.2) is 9.82 Å². The Morgan fingerprint density at radius 1 is 1.50 bits per heavy atom. The highest BCUT2D eigenvalue weighted by molar-refractivity contribution is 9.10. The Kier molecular flexibility index (Phi) is 4.02. The van der Waals surface area contributed by atoms with Gasteiger partial charge in [0.2, 0.25) is 5.76 Å². The van der Waals surface area contributed by atoms with Crippen molar-refractivity contribution in [1.82, 2.24) is 4.98 Å². The minimum atomic E-state index is -4.06. The highest BCUT2D eigenvalue weighted by atomic mass is 79.9. The summed E-state index contributed by atoms with van der Waals surface area (Å²) in [5.41, 5.74) is 0.0686. The van der Waals surface area contributed by atoms with Crippen molar-refractivity contribution in [1.29, 1.82) is 0 Å². The van der Waals surface area contributed by atoms with Crippen LogP contribution in [0.4, 0.5) is 5.69 Å². The van der Waals surface area contributed by atoms with E-state index in [0.717, 1.165) is 6.07 Å². The van der Waals surface area contributed by atoms with Gasteiger partial charge in [-0.1, -0.05) is 11.6 Å². The van der Waals surface area contributed by atoms with Crippen LogP contribution in [0.3, 0.4) is 0 Å². The fraction of sp³-hybridized carbons (Fsp3) is 0. The van der Waals surface area contributed by atoms with Crippen molar-refractivity contribution in [3.05, 3.63) is 40.0 Å². The molecule has 0 aliphatic rings. The predicted molar refractivity (Wildman–Crippen MR) is 73.4 cm³/mol. The van der Waals surface area contributed by atoms with E-state index < -0.39 is 21.8 Å². The molecule has 2 rings (SSSR count). The van der Waals surface area contributed by atoms with Crippen LogP contribution >= 0.6 is 27.5 Å². The van der Waals surface area contributed by atoms with Crippen LogP contribution in [0.2, 0.25) is 5.15 Å². The number of pyridine rings is 1. The molecule has 0 aliphatic carbocycles. The van der Waals surface area contributed by atoms with Gasteiger partial charge in [-0.25, -0.2) is 18.2 Å². The molecule has 0 fully saturated rings. The minimum absolute atomic E-state index is 0.0332. The maximum absolute atomic E-state index is 12.1. The molecule has 0 saturated heterocycles. The third-order valence-corrected chi connectivity index (χ3v) is 4.68. The van der Waals surface area contributed by atoms with Gasteiger partial charge in [0.05, 0.1) is 5.69 Å². The number of anilines is 1. The summed E-state index contributed by atoms with van der Waals surface area (Å²) in [5.74, 6) is -1.89. The summed E-state index contributed by atoms with van der Waals surface area (Å²) in [6.45, 7) is 0. The first kappa shape index (κ1) is 14.8. The molecule has 0 aromatic carbocycles. The van der Waals surface area contributed by atoms with Crippen LogP contribution in [0.5, 0.6) is 0 Å². The van der Waals surface area contributed by atoms with Gasteiger partial charge in [0, 0.05) is 12.3 Å². The summed E-state index contributed by atoms with van der Waals surface area (Å²) < 4.78 is 31.0. The van der Waals surface area contributed by atoms with Gasteiger partial charge in [-0.15, -0.1) is 0 Å². The number of carboxylic acids is 1. The van der Waals surface area contributed by atoms with Gasteiger partial charge in [-0.2, -0.15) is 0 Å². The van der Waals surface area contributed by atoms with Gasteiger partial charge in [0.25, 0.3) is 10.0 Å². The zero-order valence-corrected chi connectivity index (χ0v) is 12.7. The first-order chi connectivity index (χ1) is 9.31. The molecule has 2 aromatic heterocycles. The Hall–Kier alpha value is -1.58. The standard InChI is InChI=1S/C10H6BrClN2O5S/c11-8-7(4-6(19-8)10(15)16)20(17,18)14-5-2-1-3-13-9(5)12/h1-4,14H,(H,15,16). The third-order valence-electron chi connectivity index (χ3n) is 2.16. The number of carbonyl (C=O) groups is 1. The Balaban J connectivity index is 2.41.